The first-order chi connectivity index (χ1) is 18.2. The second-order valence-electron chi connectivity index (χ2n) is 9.96. The highest BCUT2D eigenvalue weighted by atomic mass is 16.5. The van der Waals surface area contributed by atoms with Gasteiger partial charge in [0.05, 0.1) is 38.6 Å². The Balaban J connectivity index is 1.91. The van der Waals surface area contributed by atoms with Gasteiger partial charge in [-0.1, -0.05) is 19.9 Å². The summed E-state index contributed by atoms with van der Waals surface area (Å²) in [7, 11) is 6.51. The van der Waals surface area contributed by atoms with Crippen molar-refractivity contribution in [2.24, 2.45) is 5.92 Å². The lowest BCUT2D eigenvalue weighted by atomic mass is 10.0. The van der Waals surface area contributed by atoms with Gasteiger partial charge in [-0.2, -0.15) is 5.10 Å². The minimum atomic E-state index is -0.537. The number of esters is 1. The molecule has 2 atom stereocenters. The molecule has 0 aliphatic carbocycles. The minimum absolute atomic E-state index is 0.0300. The third kappa shape index (κ3) is 7.25. The fourth-order valence-corrected chi connectivity index (χ4v) is 4.75. The Morgan fingerprint density at radius 3 is 2.37 bits per heavy atom. The van der Waals surface area contributed by atoms with E-state index in [1.807, 2.05) is 36.7 Å². The van der Waals surface area contributed by atoms with E-state index in [1.165, 1.54) is 7.11 Å². The molecule has 2 unspecified atom stereocenters. The Morgan fingerprint density at radius 1 is 1.13 bits per heavy atom. The van der Waals surface area contributed by atoms with Crippen molar-refractivity contribution in [1.82, 2.24) is 25.3 Å². The average Bonchev–Trinajstić information content (AvgIpc) is 3.52. The standard InChI is InChI=1S/C27H39N5O6/c1-17(2)12-18(13-24(33)28-15-25(34)38-6)29-27(35)20-14-21(32(30-20)19-10-11-31(3)16-19)26-22(36-4)8-7-9-23(26)37-5/h7-9,14,17-19H,10-13,15-16H2,1-6H3,(H,28,33)(H,29,35). The van der Waals surface area contributed by atoms with Crippen molar-refractivity contribution in [3.05, 3.63) is 30.0 Å². The summed E-state index contributed by atoms with van der Waals surface area (Å²) in [5.74, 6) is 0.198. The number of nitrogens with one attached hydrogen (secondary N) is 2. The van der Waals surface area contributed by atoms with Gasteiger partial charge in [-0.3, -0.25) is 19.1 Å². The molecule has 0 radical (unpaired) electrons. The number of aromatic nitrogens is 2. The SMILES string of the molecule is COC(=O)CNC(=O)CC(CC(C)C)NC(=O)c1cc(-c2c(OC)cccc2OC)n(C2CCN(C)C2)n1. The number of methoxy groups -OCH3 is 3. The largest absolute Gasteiger partial charge is 0.496 e. The van der Waals surface area contributed by atoms with Crippen LogP contribution in [-0.4, -0.2) is 86.5 Å². The molecule has 0 spiro atoms. The van der Waals surface area contributed by atoms with E-state index in [1.54, 1.807) is 20.3 Å². The highest BCUT2D eigenvalue weighted by molar-refractivity contribution is 5.94. The van der Waals surface area contributed by atoms with Crippen LogP contribution in [0.25, 0.3) is 11.3 Å². The normalized spacial score (nSPS) is 16.2. The van der Waals surface area contributed by atoms with Crippen LogP contribution < -0.4 is 20.1 Å². The zero-order chi connectivity index (χ0) is 27.8. The summed E-state index contributed by atoms with van der Waals surface area (Å²) in [5, 5.41) is 10.3. The van der Waals surface area contributed by atoms with Gasteiger partial charge in [0, 0.05) is 19.0 Å². The lowest BCUT2D eigenvalue weighted by molar-refractivity contribution is -0.141. The van der Waals surface area contributed by atoms with E-state index < -0.39 is 12.0 Å². The number of amides is 2. The van der Waals surface area contributed by atoms with E-state index in [0.29, 0.717) is 17.9 Å². The van der Waals surface area contributed by atoms with Crippen LogP contribution in [-0.2, 0) is 14.3 Å². The van der Waals surface area contributed by atoms with Crippen molar-refractivity contribution >= 4 is 17.8 Å². The molecule has 11 heteroatoms. The molecule has 1 aliphatic rings. The fourth-order valence-electron chi connectivity index (χ4n) is 4.75. The summed E-state index contributed by atoms with van der Waals surface area (Å²) in [4.78, 5) is 39.5. The van der Waals surface area contributed by atoms with E-state index in [9.17, 15) is 14.4 Å². The van der Waals surface area contributed by atoms with E-state index in [4.69, 9.17) is 14.6 Å². The van der Waals surface area contributed by atoms with Crippen LogP contribution in [0.2, 0.25) is 0 Å². The topological polar surface area (TPSA) is 124 Å². The number of carbonyl (C=O) groups is 3. The molecule has 38 heavy (non-hydrogen) atoms. The molecule has 1 aliphatic heterocycles. The molecule has 1 aromatic heterocycles. The lowest BCUT2D eigenvalue weighted by Crippen LogP contribution is -2.41. The third-order valence-corrected chi connectivity index (χ3v) is 6.55. The Labute approximate surface area is 223 Å². The number of benzene rings is 1. The summed E-state index contributed by atoms with van der Waals surface area (Å²) in [5.41, 5.74) is 1.69. The smallest absolute Gasteiger partial charge is 0.325 e. The molecule has 0 bridgehead atoms. The van der Waals surface area contributed by atoms with Crippen molar-refractivity contribution in [3.63, 3.8) is 0 Å². The maximum atomic E-state index is 13.4. The Hall–Kier alpha value is -3.60. The molecular weight excluding hydrogens is 490 g/mol. The fraction of sp³-hybridized carbons (Fsp3) is 0.556. The number of likely N-dealkylation sites (N-methyl/N-ethyl adjacent to an activating group) is 1. The number of likely N-dealkylation sites (tertiary alicyclic amines) is 1. The Bertz CT molecular complexity index is 1110. The first kappa shape index (κ1) is 29.0. The molecule has 1 saturated heterocycles. The highest BCUT2D eigenvalue weighted by Gasteiger charge is 2.29. The third-order valence-electron chi connectivity index (χ3n) is 6.55. The van der Waals surface area contributed by atoms with Gasteiger partial charge in [-0.05, 0) is 50.6 Å². The highest BCUT2D eigenvalue weighted by Crippen LogP contribution is 2.40. The maximum absolute atomic E-state index is 13.4. The molecular formula is C27H39N5O6. The van der Waals surface area contributed by atoms with Crippen LogP contribution in [0, 0.1) is 5.92 Å². The molecule has 0 saturated carbocycles. The molecule has 1 aromatic carbocycles. The molecule has 208 valence electrons. The van der Waals surface area contributed by atoms with Crippen LogP contribution >= 0.6 is 0 Å². The lowest BCUT2D eigenvalue weighted by Gasteiger charge is -2.20. The van der Waals surface area contributed by atoms with Crippen molar-refractivity contribution in [3.8, 4) is 22.8 Å². The van der Waals surface area contributed by atoms with Crippen LogP contribution in [0.3, 0.4) is 0 Å². The van der Waals surface area contributed by atoms with Crippen molar-refractivity contribution < 1.29 is 28.6 Å². The summed E-state index contributed by atoms with van der Waals surface area (Å²) in [6.07, 6.45) is 1.50. The summed E-state index contributed by atoms with van der Waals surface area (Å²) in [6.45, 7) is 5.53. The molecule has 2 heterocycles. The van der Waals surface area contributed by atoms with Crippen molar-refractivity contribution in [2.75, 3.05) is 48.0 Å². The van der Waals surface area contributed by atoms with Gasteiger partial charge in [0.25, 0.3) is 5.91 Å². The molecule has 2 aromatic rings. The van der Waals surface area contributed by atoms with Crippen LogP contribution in [0.15, 0.2) is 24.3 Å². The Morgan fingerprint density at radius 2 is 1.82 bits per heavy atom. The van der Waals surface area contributed by atoms with Gasteiger partial charge in [0.15, 0.2) is 5.69 Å². The first-order valence-electron chi connectivity index (χ1n) is 12.8. The van der Waals surface area contributed by atoms with Crippen molar-refractivity contribution in [1.29, 1.82) is 0 Å². The minimum Gasteiger partial charge on any atom is -0.496 e. The number of rotatable bonds is 12. The molecule has 3 rings (SSSR count). The van der Waals surface area contributed by atoms with Crippen LogP contribution in [0.4, 0.5) is 0 Å². The monoisotopic (exact) mass is 529 g/mol. The van der Waals surface area contributed by atoms with Gasteiger partial charge >= 0.3 is 5.97 Å². The van der Waals surface area contributed by atoms with Gasteiger partial charge in [0.1, 0.15) is 18.0 Å². The molecule has 1 fully saturated rings. The number of nitrogens with zero attached hydrogens (tertiary/aromatic N) is 3. The number of ether oxygens (including phenoxy) is 3. The maximum Gasteiger partial charge on any atom is 0.325 e. The van der Waals surface area contributed by atoms with E-state index in [-0.39, 0.29) is 42.4 Å². The number of hydrogen-bond donors (Lipinski definition) is 2. The predicted octanol–water partition coefficient (Wildman–Crippen LogP) is 2.27. The zero-order valence-electron chi connectivity index (χ0n) is 23.1. The summed E-state index contributed by atoms with van der Waals surface area (Å²) < 4.78 is 17.7. The van der Waals surface area contributed by atoms with Gasteiger partial charge in [0.2, 0.25) is 5.91 Å². The molecule has 2 amide bonds. The first-order valence-corrected chi connectivity index (χ1v) is 12.8. The quantitative estimate of drug-likeness (QED) is 0.402. The predicted molar refractivity (Wildman–Crippen MR) is 142 cm³/mol. The molecule has 11 nitrogen and oxygen atoms in total. The number of carbonyl (C=O) groups excluding carboxylic acids is 3. The second-order valence-corrected chi connectivity index (χ2v) is 9.96. The summed E-state index contributed by atoms with van der Waals surface area (Å²) in [6, 6.07) is 6.93. The van der Waals surface area contributed by atoms with Crippen LogP contribution in [0.5, 0.6) is 11.5 Å². The number of hydrogen-bond acceptors (Lipinski definition) is 8. The van der Waals surface area contributed by atoms with Crippen molar-refractivity contribution in [2.45, 2.75) is 45.2 Å². The average molecular weight is 530 g/mol. The Kier molecular flexibility index (Phi) is 10.1. The van der Waals surface area contributed by atoms with Gasteiger partial charge in [-0.15, -0.1) is 0 Å². The van der Waals surface area contributed by atoms with Gasteiger partial charge < -0.3 is 29.7 Å². The van der Waals surface area contributed by atoms with E-state index in [2.05, 4.69) is 27.3 Å². The zero-order valence-corrected chi connectivity index (χ0v) is 23.1. The van der Waals surface area contributed by atoms with Gasteiger partial charge in [-0.25, -0.2) is 0 Å². The second kappa shape index (κ2) is 13.3. The summed E-state index contributed by atoms with van der Waals surface area (Å²) >= 11 is 0. The van der Waals surface area contributed by atoms with E-state index >= 15 is 0 Å². The van der Waals surface area contributed by atoms with E-state index in [0.717, 1.165) is 30.8 Å². The van der Waals surface area contributed by atoms with Crippen LogP contribution in [0.1, 0.15) is 49.6 Å². The molecule has 2 N–H and O–H groups in total.